The van der Waals surface area contributed by atoms with Gasteiger partial charge in [0.15, 0.2) is 0 Å². The van der Waals surface area contributed by atoms with Gasteiger partial charge in [-0.2, -0.15) is 0 Å². The molecular formula is C9H12N2O3. The van der Waals surface area contributed by atoms with E-state index in [-0.39, 0.29) is 6.54 Å². The predicted molar refractivity (Wildman–Crippen MR) is 50.1 cm³/mol. The van der Waals surface area contributed by atoms with Crippen molar-refractivity contribution in [3.63, 3.8) is 0 Å². The largest absolute Gasteiger partial charge is 0.481 e. The highest BCUT2D eigenvalue weighted by atomic mass is 16.5. The normalized spacial score (nSPS) is 9.79. The smallest absolute Gasteiger partial charge is 0.317 e. The number of nitrogens with one attached hydrogen (secondary N) is 1. The van der Waals surface area contributed by atoms with Crippen molar-refractivity contribution < 1.29 is 14.6 Å². The highest BCUT2D eigenvalue weighted by Gasteiger charge is 2.03. The second kappa shape index (κ2) is 5.18. The van der Waals surface area contributed by atoms with E-state index in [1.165, 1.54) is 7.11 Å². The number of hydrogen-bond acceptors (Lipinski definition) is 4. The van der Waals surface area contributed by atoms with E-state index in [2.05, 4.69) is 10.3 Å². The molecule has 0 saturated carbocycles. The molecule has 5 nitrogen and oxygen atoms in total. The van der Waals surface area contributed by atoms with Crippen molar-refractivity contribution in [3.05, 3.63) is 23.9 Å². The summed E-state index contributed by atoms with van der Waals surface area (Å²) in [6.45, 7) is 0.362. The average Bonchev–Trinajstić information content (AvgIpc) is 2.18. The molecular weight excluding hydrogens is 184 g/mol. The second-order valence-corrected chi connectivity index (χ2v) is 2.67. The topological polar surface area (TPSA) is 71.5 Å². The van der Waals surface area contributed by atoms with E-state index in [1.807, 2.05) is 6.07 Å². The predicted octanol–water partition coefficient (Wildman–Crippen LogP) is 0.264. The number of hydrogen-bond donors (Lipinski definition) is 2. The fourth-order valence-electron chi connectivity index (χ4n) is 1.05. The van der Waals surface area contributed by atoms with Gasteiger partial charge in [-0.15, -0.1) is 0 Å². The van der Waals surface area contributed by atoms with Gasteiger partial charge in [0.1, 0.15) is 0 Å². The fraction of sp³-hybridized carbons (Fsp3) is 0.333. The molecule has 14 heavy (non-hydrogen) atoms. The van der Waals surface area contributed by atoms with Crippen LogP contribution in [0, 0.1) is 0 Å². The Morgan fingerprint density at radius 2 is 2.50 bits per heavy atom. The van der Waals surface area contributed by atoms with Gasteiger partial charge in [-0.1, -0.05) is 6.07 Å². The van der Waals surface area contributed by atoms with Gasteiger partial charge in [0.05, 0.1) is 13.7 Å². The molecule has 0 amide bonds. The maximum Gasteiger partial charge on any atom is 0.317 e. The van der Waals surface area contributed by atoms with Crippen LogP contribution in [0.5, 0.6) is 5.88 Å². The van der Waals surface area contributed by atoms with Crippen molar-refractivity contribution in [2.24, 2.45) is 0 Å². The van der Waals surface area contributed by atoms with Crippen molar-refractivity contribution in [3.8, 4) is 5.88 Å². The van der Waals surface area contributed by atoms with Crippen molar-refractivity contribution in [1.29, 1.82) is 0 Å². The first-order chi connectivity index (χ1) is 6.74. The van der Waals surface area contributed by atoms with Crippen LogP contribution in [0.2, 0.25) is 0 Å². The molecule has 0 atom stereocenters. The summed E-state index contributed by atoms with van der Waals surface area (Å²) in [4.78, 5) is 14.2. The van der Waals surface area contributed by atoms with E-state index < -0.39 is 5.97 Å². The van der Waals surface area contributed by atoms with Crippen LogP contribution in [0.1, 0.15) is 5.56 Å². The number of nitrogens with zero attached hydrogens (tertiary/aromatic N) is 1. The van der Waals surface area contributed by atoms with Crippen LogP contribution >= 0.6 is 0 Å². The molecule has 0 aliphatic heterocycles. The summed E-state index contributed by atoms with van der Waals surface area (Å²) in [5, 5.41) is 11.2. The maximum absolute atomic E-state index is 10.2. The minimum atomic E-state index is -0.882. The van der Waals surface area contributed by atoms with Gasteiger partial charge >= 0.3 is 5.97 Å². The van der Waals surface area contributed by atoms with Crippen LogP contribution < -0.4 is 10.1 Å². The zero-order valence-corrected chi connectivity index (χ0v) is 7.86. The van der Waals surface area contributed by atoms with Crippen LogP contribution in [0.15, 0.2) is 18.3 Å². The molecule has 1 aromatic heterocycles. The summed E-state index contributed by atoms with van der Waals surface area (Å²) in [6, 6.07) is 3.61. The highest BCUT2D eigenvalue weighted by Crippen LogP contribution is 2.12. The van der Waals surface area contributed by atoms with Crippen LogP contribution in [0.4, 0.5) is 0 Å². The number of ether oxygens (including phenoxy) is 1. The summed E-state index contributed by atoms with van der Waals surface area (Å²) < 4.78 is 5.00. The second-order valence-electron chi connectivity index (χ2n) is 2.67. The van der Waals surface area contributed by atoms with Gasteiger partial charge in [-0.25, -0.2) is 4.98 Å². The molecule has 0 radical (unpaired) electrons. The number of aromatic nitrogens is 1. The maximum atomic E-state index is 10.2. The zero-order valence-electron chi connectivity index (χ0n) is 7.86. The Bertz CT molecular complexity index is 315. The van der Waals surface area contributed by atoms with Gasteiger partial charge in [0.25, 0.3) is 0 Å². The summed E-state index contributed by atoms with van der Waals surface area (Å²) in [7, 11) is 1.53. The minimum absolute atomic E-state index is 0.0714. The number of methoxy groups -OCH3 is 1. The summed E-state index contributed by atoms with van der Waals surface area (Å²) >= 11 is 0. The number of rotatable bonds is 5. The molecule has 0 spiro atoms. The molecule has 1 rings (SSSR count). The third-order valence-electron chi connectivity index (χ3n) is 1.63. The van der Waals surface area contributed by atoms with Crippen LogP contribution in [-0.4, -0.2) is 29.7 Å². The molecule has 5 heteroatoms. The van der Waals surface area contributed by atoms with Gasteiger partial charge in [0.2, 0.25) is 5.88 Å². The number of carboxylic acids is 1. The first-order valence-electron chi connectivity index (χ1n) is 4.14. The van der Waals surface area contributed by atoms with E-state index in [1.54, 1.807) is 12.3 Å². The Labute approximate surface area is 81.7 Å². The highest BCUT2D eigenvalue weighted by molar-refractivity contribution is 5.69. The summed E-state index contributed by atoms with van der Waals surface area (Å²) in [5.74, 6) is -0.363. The first kappa shape index (κ1) is 10.5. The zero-order chi connectivity index (χ0) is 10.4. The molecule has 0 aliphatic carbocycles. The lowest BCUT2D eigenvalue weighted by molar-refractivity contribution is -0.135. The molecule has 2 N–H and O–H groups in total. The third kappa shape index (κ3) is 3.02. The van der Waals surface area contributed by atoms with E-state index in [9.17, 15) is 4.79 Å². The quantitative estimate of drug-likeness (QED) is 0.707. The summed E-state index contributed by atoms with van der Waals surface area (Å²) in [6.07, 6.45) is 1.62. The summed E-state index contributed by atoms with van der Waals surface area (Å²) in [5.41, 5.74) is 0.844. The van der Waals surface area contributed by atoms with E-state index in [0.29, 0.717) is 12.4 Å². The van der Waals surface area contributed by atoms with Crippen molar-refractivity contribution >= 4 is 5.97 Å². The Hall–Kier alpha value is -1.62. The fourth-order valence-corrected chi connectivity index (χ4v) is 1.05. The molecule has 76 valence electrons. The van der Waals surface area contributed by atoms with Gasteiger partial charge in [0, 0.05) is 18.3 Å². The van der Waals surface area contributed by atoms with E-state index in [4.69, 9.17) is 9.84 Å². The monoisotopic (exact) mass is 196 g/mol. The number of carboxylic acid groups (broad SMARTS) is 1. The minimum Gasteiger partial charge on any atom is -0.481 e. The Morgan fingerprint density at radius 1 is 1.71 bits per heavy atom. The first-order valence-corrected chi connectivity index (χ1v) is 4.14. The molecule has 0 fully saturated rings. The molecule has 0 bridgehead atoms. The lowest BCUT2D eigenvalue weighted by atomic mass is 10.2. The van der Waals surface area contributed by atoms with Crippen LogP contribution in [-0.2, 0) is 11.3 Å². The molecule has 1 aromatic rings. The molecule has 0 saturated heterocycles. The van der Waals surface area contributed by atoms with Crippen molar-refractivity contribution in [2.45, 2.75) is 6.54 Å². The van der Waals surface area contributed by atoms with Crippen LogP contribution in [0.3, 0.4) is 0 Å². The van der Waals surface area contributed by atoms with Gasteiger partial charge in [-0.05, 0) is 6.07 Å². The number of aliphatic carboxylic acids is 1. The third-order valence-corrected chi connectivity index (χ3v) is 1.63. The average molecular weight is 196 g/mol. The molecule has 0 aromatic carbocycles. The Morgan fingerprint density at radius 3 is 3.14 bits per heavy atom. The lowest BCUT2D eigenvalue weighted by Crippen LogP contribution is -2.22. The van der Waals surface area contributed by atoms with Crippen molar-refractivity contribution in [2.75, 3.05) is 13.7 Å². The standard InChI is InChI=1S/C9H12N2O3/c1-14-9-7(3-2-4-11-9)5-10-6-8(12)13/h2-4,10H,5-6H2,1H3,(H,12,13). The van der Waals surface area contributed by atoms with Crippen LogP contribution in [0.25, 0.3) is 0 Å². The Kier molecular flexibility index (Phi) is 3.87. The van der Waals surface area contributed by atoms with E-state index in [0.717, 1.165) is 5.56 Å². The van der Waals surface area contributed by atoms with Gasteiger partial charge < -0.3 is 15.2 Å². The number of pyridine rings is 1. The lowest BCUT2D eigenvalue weighted by Gasteiger charge is -2.06. The van der Waals surface area contributed by atoms with E-state index >= 15 is 0 Å². The molecule has 1 heterocycles. The Balaban J connectivity index is 2.53. The van der Waals surface area contributed by atoms with Gasteiger partial charge in [-0.3, -0.25) is 4.79 Å². The molecule has 0 unspecified atom stereocenters. The SMILES string of the molecule is COc1ncccc1CNCC(=O)O. The molecule has 0 aliphatic rings. The number of carbonyl (C=O) groups is 1. The van der Waals surface area contributed by atoms with Crippen molar-refractivity contribution in [1.82, 2.24) is 10.3 Å².